The third-order valence-electron chi connectivity index (χ3n) is 4.55. The van der Waals surface area contributed by atoms with Crippen molar-refractivity contribution in [3.05, 3.63) is 34.3 Å². The highest BCUT2D eigenvalue weighted by Gasteiger charge is 2.42. The molecule has 1 aromatic carbocycles. The minimum Gasteiger partial charge on any atom is -0.338 e. The van der Waals surface area contributed by atoms with E-state index in [1.165, 1.54) is 0 Å². The second-order valence-electron chi connectivity index (χ2n) is 5.86. The number of carbonyl (C=O) groups is 1. The van der Waals surface area contributed by atoms with Gasteiger partial charge in [0.05, 0.1) is 10.6 Å². The van der Waals surface area contributed by atoms with Crippen LogP contribution in [0.5, 0.6) is 0 Å². The number of hydrogen-bond acceptors (Lipinski definition) is 2. The first-order valence-corrected chi connectivity index (χ1v) is 7.25. The van der Waals surface area contributed by atoms with Gasteiger partial charge in [0.2, 0.25) is 0 Å². The van der Waals surface area contributed by atoms with Crippen molar-refractivity contribution < 1.29 is 4.79 Å². The Labute approximate surface area is 118 Å². The van der Waals surface area contributed by atoms with Crippen LogP contribution in [0.4, 0.5) is 0 Å². The van der Waals surface area contributed by atoms with Gasteiger partial charge in [-0.15, -0.1) is 0 Å². The summed E-state index contributed by atoms with van der Waals surface area (Å²) in [4.78, 5) is 14.4. The number of nitrogens with zero attached hydrogens (tertiary/aromatic N) is 1. The molecule has 0 bridgehead atoms. The van der Waals surface area contributed by atoms with E-state index in [0.717, 1.165) is 31.5 Å². The predicted octanol–water partition coefficient (Wildman–Crippen LogP) is 2.46. The number of nitrogens with two attached hydrogens (primary N) is 1. The highest BCUT2D eigenvalue weighted by Crippen LogP contribution is 2.38. The largest absolute Gasteiger partial charge is 0.338 e. The van der Waals surface area contributed by atoms with E-state index in [1.807, 2.05) is 30.0 Å². The fourth-order valence-corrected chi connectivity index (χ4v) is 3.75. The van der Waals surface area contributed by atoms with Crippen LogP contribution in [0, 0.1) is 18.8 Å². The summed E-state index contributed by atoms with van der Waals surface area (Å²) in [6.45, 7) is 3.59. The maximum absolute atomic E-state index is 12.5. The molecular formula is C15H19ClN2O. The van der Waals surface area contributed by atoms with Crippen LogP contribution in [-0.4, -0.2) is 29.9 Å². The third-order valence-corrected chi connectivity index (χ3v) is 4.87. The van der Waals surface area contributed by atoms with Crippen LogP contribution < -0.4 is 5.73 Å². The average molecular weight is 279 g/mol. The Morgan fingerprint density at radius 2 is 2.16 bits per heavy atom. The lowest BCUT2D eigenvalue weighted by molar-refractivity contribution is 0.0780. The molecule has 2 fully saturated rings. The second-order valence-corrected chi connectivity index (χ2v) is 6.27. The van der Waals surface area contributed by atoms with Crippen molar-refractivity contribution in [1.82, 2.24) is 4.90 Å². The Hall–Kier alpha value is -1.06. The van der Waals surface area contributed by atoms with Crippen molar-refractivity contribution in [2.45, 2.75) is 25.8 Å². The number of amides is 1. The predicted molar refractivity (Wildman–Crippen MR) is 76.3 cm³/mol. The maximum Gasteiger partial charge on any atom is 0.255 e. The van der Waals surface area contributed by atoms with E-state index >= 15 is 0 Å². The summed E-state index contributed by atoms with van der Waals surface area (Å²) in [5, 5.41) is 0.548. The second kappa shape index (κ2) is 4.80. The summed E-state index contributed by atoms with van der Waals surface area (Å²) in [5.74, 6) is 1.11. The van der Waals surface area contributed by atoms with Gasteiger partial charge in [-0.3, -0.25) is 4.79 Å². The topological polar surface area (TPSA) is 46.3 Å². The monoisotopic (exact) mass is 278 g/mol. The van der Waals surface area contributed by atoms with Gasteiger partial charge in [-0.25, -0.2) is 0 Å². The summed E-state index contributed by atoms with van der Waals surface area (Å²) in [5.41, 5.74) is 7.79. The van der Waals surface area contributed by atoms with E-state index in [0.29, 0.717) is 22.4 Å². The number of aryl methyl sites for hydroxylation is 1. The smallest absolute Gasteiger partial charge is 0.255 e. The van der Waals surface area contributed by atoms with Gasteiger partial charge in [0.1, 0.15) is 0 Å². The number of halogens is 1. The zero-order chi connectivity index (χ0) is 13.6. The Kier molecular flexibility index (Phi) is 3.27. The van der Waals surface area contributed by atoms with Crippen molar-refractivity contribution in [2.75, 3.05) is 13.1 Å². The van der Waals surface area contributed by atoms with E-state index < -0.39 is 0 Å². The molecule has 4 heteroatoms. The molecule has 0 radical (unpaired) electrons. The molecular weight excluding hydrogens is 260 g/mol. The van der Waals surface area contributed by atoms with Crippen LogP contribution in [0.25, 0.3) is 0 Å². The summed E-state index contributed by atoms with van der Waals surface area (Å²) in [7, 11) is 0. The Morgan fingerprint density at radius 3 is 2.84 bits per heavy atom. The maximum atomic E-state index is 12.5. The molecule has 3 atom stereocenters. The molecule has 1 aliphatic heterocycles. The molecule has 2 aliphatic rings. The van der Waals surface area contributed by atoms with Crippen molar-refractivity contribution in [3.8, 4) is 0 Å². The molecule has 1 aliphatic carbocycles. The molecule has 1 saturated carbocycles. The number of likely N-dealkylation sites (tertiary alicyclic amines) is 1. The van der Waals surface area contributed by atoms with Crippen LogP contribution >= 0.6 is 11.6 Å². The van der Waals surface area contributed by atoms with Crippen LogP contribution in [-0.2, 0) is 0 Å². The molecule has 3 nitrogen and oxygen atoms in total. The molecule has 19 heavy (non-hydrogen) atoms. The number of carbonyl (C=O) groups excluding carboxylic acids is 1. The van der Waals surface area contributed by atoms with Gasteiger partial charge < -0.3 is 10.6 Å². The Morgan fingerprint density at radius 1 is 1.37 bits per heavy atom. The quantitative estimate of drug-likeness (QED) is 0.858. The van der Waals surface area contributed by atoms with E-state index in [-0.39, 0.29) is 11.9 Å². The van der Waals surface area contributed by atoms with Gasteiger partial charge in [-0.1, -0.05) is 17.7 Å². The molecule has 3 unspecified atom stereocenters. The first-order chi connectivity index (χ1) is 9.06. The van der Waals surface area contributed by atoms with Crippen LogP contribution in [0.3, 0.4) is 0 Å². The molecule has 1 saturated heterocycles. The number of hydrogen-bond donors (Lipinski definition) is 1. The van der Waals surface area contributed by atoms with Crippen LogP contribution in [0.1, 0.15) is 28.8 Å². The zero-order valence-corrected chi connectivity index (χ0v) is 11.9. The van der Waals surface area contributed by atoms with E-state index in [9.17, 15) is 4.79 Å². The summed E-state index contributed by atoms with van der Waals surface area (Å²) in [6, 6.07) is 5.86. The zero-order valence-electron chi connectivity index (χ0n) is 11.1. The summed E-state index contributed by atoms with van der Waals surface area (Å²) < 4.78 is 0. The fourth-order valence-electron chi connectivity index (χ4n) is 3.44. The van der Waals surface area contributed by atoms with Crippen molar-refractivity contribution in [3.63, 3.8) is 0 Å². The van der Waals surface area contributed by atoms with Crippen LogP contribution in [0.15, 0.2) is 18.2 Å². The lowest BCUT2D eigenvalue weighted by atomic mass is 9.98. The van der Waals surface area contributed by atoms with Crippen molar-refractivity contribution in [1.29, 1.82) is 0 Å². The van der Waals surface area contributed by atoms with Gasteiger partial charge >= 0.3 is 0 Å². The van der Waals surface area contributed by atoms with E-state index in [1.54, 1.807) is 0 Å². The Balaban J connectivity index is 1.78. The molecule has 3 rings (SSSR count). The first kappa shape index (κ1) is 12.9. The van der Waals surface area contributed by atoms with Gasteiger partial charge in [-0.05, 0) is 49.3 Å². The molecule has 1 heterocycles. The fraction of sp³-hybridized carbons (Fsp3) is 0.533. The van der Waals surface area contributed by atoms with Gasteiger partial charge in [-0.2, -0.15) is 0 Å². The molecule has 1 aromatic rings. The van der Waals surface area contributed by atoms with Crippen molar-refractivity contribution >= 4 is 17.5 Å². The molecule has 0 aromatic heterocycles. The minimum atomic E-state index is 0.0478. The average Bonchev–Trinajstić information content (AvgIpc) is 2.91. The molecule has 2 N–H and O–H groups in total. The van der Waals surface area contributed by atoms with E-state index in [2.05, 4.69) is 0 Å². The third kappa shape index (κ3) is 2.26. The number of rotatable bonds is 1. The summed E-state index contributed by atoms with van der Waals surface area (Å²) in [6.07, 6.45) is 2.25. The minimum absolute atomic E-state index is 0.0478. The highest BCUT2D eigenvalue weighted by molar-refractivity contribution is 6.33. The van der Waals surface area contributed by atoms with Crippen LogP contribution in [0.2, 0.25) is 5.02 Å². The van der Waals surface area contributed by atoms with E-state index in [4.69, 9.17) is 17.3 Å². The lowest BCUT2D eigenvalue weighted by Gasteiger charge is -2.19. The number of benzene rings is 1. The standard InChI is InChI=1S/C15H19ClN2O/c1-9-2-4-11(13(16)6-9)15(19)18-7-10-3-5-14(17)12(10)8-18/h2,4,6,10,12,14H,3,5,7-8,17H2,1H3. The van der Waals surface area contributed by atoms with Gasteiger partial charge in [0.25, 0.3) is 5.91 Å². The molecule has 1 amide bonds. The Bertz CT molecular complexity index is 517. The number of fused-ring (bicyclic) bond motifs is 1. The highest BCUT2D eigenvalue weighted by atomic mass is 35.5. The molecule has 102 valence electrons. The van der Waals surface area contributed by atoms with Crippen molar-refractivity contribution in [2.24, 2.45) is 17.6 Å². The molecule has 0 spiro atoms. The first-order valence-electron chi connectivity index (χ1n) is 6.87. The van der Waals surface area contributed by atoms with Gasteiger partial charge in [0, 0.05) is 19.1 Å². The summed E-state index contributed by atoms with van der Waals surface area (Å²) >= 11 is 6.18. The lowest BCUT2D eigenvalue weighted by Crippen LogP contribution is -2.33. The SMILES string of the molecule is Cc1ccc(C(=O)N2CC3CCC(N)C3C2)c(Cl)c1. The normalized spacial score (nSPS) is 29.6. The van der Waals surface area contributed by atoms with Gasteiger partial charge in [0.15, 0.2) is 0 Å².